The minimum atomic E-state index is 0.699. The Hall–Kier alpha value is -0.750. The first-order chi connectivity index (χ1) is 5.84. The van der Waals surface area contributed by atoms with Crippen molar-refractivity contribution < 1.29 is 0 Å². The van der Waals surface area contributed by atoms with Crippen molar-refractivity contribution in [2.75, 3.05) is 5.88 Å². The van der Waals surface area contributed by atoms with Gasteiger partial charge < -0.3 is 0 Å². The number of rotatable bonds is 3. The summed E-state index contributed by atoms with van der Waals surface area (Å²) in [6.45, 7) is 2.11. The summed E-state index contributed by atoms with van der Waals surface area (Å²) in [6, 6.07) is 10.3. The lowest BCUT2D eigenvalue weighted by Gasteiger charge is -1.99. The third-order valence-electron chi connectivity index (χ3n) is 1.79. The maximum atomic E-state index is 5.59. The number of hydrogen-bond donors (Lipinski definition) is 0. The van der Waals surface area contributed by atoms with Crippen LogP contribution in [-0.2, 0) is 0 Å². The maximum absolute atomic E-state index is 5.59. The molecule has 1 heteroatoms. The van der Waals surface area contributed by atoms with Crippen molar-refractivity contribution in [1.82, 2.24) is 0 Å². The minimum absolute atomic E-state index is 0.699. The number of allylic oxidation sites excluding steroid dienone is 2. The quantitative estimate of drug-likeness (QED) is 0.622. The summed E-state index contributed by atoms with van der Waals surface area (Å²) in [5.41, 5.74) is 2.58. The molecule has 0 heterocycles. The summed E-state index contributed by atoms with van der Waals surface area (Å²) >= 11 is 5.59. The Bertz CT molecular complexity index is 249. The van der Waals surface area contributed by atoms with Crippen molar-refractivity contribution in [3.63, 3.8) is 0 Å². The highest BCUT2D eigenvalue weighted by molar-refractivity contribution is 6.17. The Morgan fingerprint density at radius 3 is 2.58 bits per heavy atom. The molecule has 0 N–H and O–H groups in total. The van der Waals surface area contributed by atoms with E-state index in [0.717, 1.165) is 6.42 Å². The zero-order valence-electron chi connectivity index (χ0n) is 7.26. The van der Waals surface area contributed by atoms with Crippen molar-refractivity contribution in [2.45, 2.75) is 13.3 Å². The normalized spacial score (nSPS) is 11.7. The zero-order chi connectivity index (χ0) is 8.81. The van der Waals surface area contributed by atoms with E-state index in [1.807, 2.05) is 18.2 Å². The van der Waals surface area contributed by atoms with Crippen molar-refractivity contribution in [3.8, 4) is 0 Å². The molecule has 0 saturated heterocycles. The lowest BCUT2D eigenvalue weighted by Crippen LogP contribution is -1.78. The van der Waals surface area contributed by atoms with Gasteiger partial charge in [-0.25, -0.2) is 0 Å². The molecule has 0 spiro atoms. The summed E-state index contributed by atoms with van der Waals surface area (Å²) in [4.78, 5) is 0. The topological polar surface area (TPSA) is 0 Å². The first kappa shape index (κ1) is 9.34. The Morgan fingerprint density at radius 2 is 2.00 bits per heavy atom. The molecule has 1 aromatic carbocycles. The van der Waals surface area contributed by atoms with Gasteiger partial charge in [-0.1, -0.05) is 36.4 Å². The third kappa shape index (κ3) is 2.71. The maximum Gasteiger partial charge on any atom is 0.0258 e. The van der Waals surface area contributed by atoms with E-state index in [4.69, 9.17) is 11.6 Å². The van der Waals surface area contributed by atoms with Crippen LogP contribution >= 0.6 is 11.6 Å². The molecule has 1 rings (SSSR count). The van der Waals surface area contributed by atoms with Crippen LogP contribution in [0.3, 0.4) is 0 Å². The van der Waals surface area contributed by atoms with Crippen LogP contribution < -0.4 is 0 Å². The molecule has 0 atom stereocenters. The van der Waals surface area contributed by atoms with Gasteiger partial charge in [0.1, 0.15) is 0 Å². The van der Waals surface area contributed by atoms with Crippen molar-refractivity contribution in [1.29, 1.82) is 0 Å². The van der Waals surface area contributed by atoms with Gasteiger partial charge in [0.2, 0.25) is 0 Å². The second-order valence-corrected chi connectivity index (χ2v) is 3.11. The highest BCUT2D eigenvalue weighted by Crippen LogP contribution is 2.13. The van der Waals surface area contributed by atoms with Crippen LogP contribution in [-0.4, -0.2) is 5.88 Å². The smallest absolute Gasteiger partial charge is 0.0258 e. The molecule has 0 fully saturated rings. The fourth-order valence-electron chi connectivity index (χ4n) is 1.09. The van der Waals surface area contributed by atoms with Crippen LogP contribution in [0.15, 0.2) is 36.4 Å². The molecule has 0 nitrogen and oxygen atoms in total. The zero-order valence-corrected chi connectivity index (χ0v) is 8.01. The molecule has 0 aliphatic rings. The van der Waals surface area contributed by atoms with E-state index in [2.05, 4.69) is 25.1 Å². The van der Waals surface area contributed by atoms with E-state index < -0.39 is 0 Å². The minimum Gasteiger partial charge on any atom is -0.126 e. The van der Waals surface area contributed by atoms with Crippen LogP contribution in [0.25, 0.3) is 5.57 Å². The molecule has 0 saturated carbocycles. The van der Waals surface area contributed by atoms with Crippen LogP contribution in [0.2, 0.25) is 0 Å². The lowest BCUT2D eigenvalue weighted by atomic mass is 10.1. The van der Waals surface area contributed by atoms with Crippen LogP contribution in [0.1, 0.15) is 18.9 Å². The monoisotopic (exact) mass is 180 g/mol. The van der Waals surface area contributed by atoms with E-state index >= 15 is 0 Å². The molecular formula is C11H13Cl. The van der Waals surface area contributed by atoms with Gasteiger partial charge in [0.05, 0.1) is 0 Å². The SMILES string of the molecule is C/C(=C\CCCl)c1ccccc1. The van der Waals surface area contributed by atoms with Gasteiger partial charge in [-0.15, -0.1) is 11.6 Å². The number of halogens is 1. The van der Waals surface area contributed by atoms with E-state index in [9.17, 15) is 0 Å². The standard InChI is InChI=1S/C11H13Cl/c1-10(6-5-9-12)11-7-3-2-4-8-11/h2-4,6-8H,5,9H2,1H3/b10-6+. The average molecular weight is 181 g/mol. The van der Waals surface area contributed by atoms with Gasteiger partial charge in [0, 0.05) is 5.88 Å². The predicted molar refractivity (Wildman–Crippen MR) is 55.4 cm³/mol. The van der Waals surface area contributed by atoms with Gasteiger partial charge in [-0.05, 0) is 24.5 Å². The number of hydrogen-bond acceptors (Lipinski definition) is 0. The van der Waals surface area contributed by atoms with Crippen LogP contribution in [0, 0.1) is 0 Å². The van der Waals surface area contributed by atoms with E-state index in [1.54, 1.807) is 0 Å². The average Bonchev–Trinajstić information content (AvgIpc) is 2.15. The first-order valence-electron chi connectivity index (χ1n) is 4.12. The number of alkyl halides is 1. The summed E-state index contributed by atoms with van der Waals surface area (Å²) in [5.74, 6) is 0.699. The Kier molecular flexibility index (Phi) is 3.89. The van der Waals surface area contributed by atoms with Crippen molar-refractivity contribution in [2.24, 2.45) is 0 Å². The second-order valence-electron chi connectivity index (χ2n) is 2.73. The van der Waals surface area contributed by atoms with E-state index in [-0.39, 0.29) is 0 Å². The Balaban J connectivity index is 2.71. The summed E-state index contributed by atoms with van der Waals surface area (Å²) in [7, 11) is 0. The fraction of sp³-hybridized carbons (Fsp3) is 0.273. The molecule has 1 aromatic rings. The molecule has 12 heavy (non-hydrogen) atoms. The summed E-state index contributed by atoms with van der Waals surface area (Å²) in [6.07, 6.45) is 3.12. The molecule has 0 aliphatic heterocycles. The van der Waals surface area contributed by atoms with Crippen LogP contribution in [0.4, 0.5) is 0 Å². The van der Waals surface area contributed by atoms with E-state index in [0.29, 0.717) is 5.88 Å². The highest BCUT2D eigenvalue weighted by atomic mass is 35.5. The molecular weight excluding hydrogens is 168 g/mol. The molecule has 0 radical (unpaired) electrons. The first-order valence-corrected chi connectivity index (χ1v) is 4.66. The third-order valence-corrected chi connectivity index (χ3v) is 2.01. The van der Waals surface area contributed by atoms with Gasteiger partial charge in [-0.3, -0.25) is 0 Å². The lowest BCUT2D eigenvalue weighted by molar-refractivity contribution is 1.23. The molecule has 0 aliphatic carbocycles. The van der Waals surface area contributed by atoms with Crippen molar-refractivity contribution in [3.05, 3.63) is 42.0 Å². The fourth-order valence-corrected chi connectivity index (χ4v) is 1.20. The van der Waals surface area contributed by atoms with Gasteiger partial charge in [0.15, 0.2) is 0 Å². The number of benzene rings is 1. The summed E-state index contributed by atoms with van der Waals surface area (Å²) in [5, 5.41) is 0. The largest absolute Gasteiger partial charge is 0.126 e. The molecule has 64 valence electrons. The molecule has 0 amide bonds. The van der Waals surface area contributed by atoms with E-state index in [1.165, 1.54) is 11.1 Å². The Morgan fingerprint density at radius 1 is 1.33 bits per heavy atom. The summed E-state index contributed by atoms with van der Waals surface area (Å²) < 4.78 is 0. The van der Waals surface area contributed by atoms with Crippen molar-refractivity contribution >= 4 is 17.2 Å². The molecule has 0 bridgehead atoms. The van der Waals surface area contributed by atoms with Gasteiger partial charge in [0.25, 0.3) is 0 Å². The second kappa shape index (κ2) is 5.00. The molecule has 0 aromatic heterocycles. The highest BCUT2D eigenvalue weighted by Gasteiger charge is 1.91. The van der Waals surface area contributed by atoms with Crippen LogP contribution in [0.5, 0.6) is 0 Å². The van der Waals surface area contributed by atoms with Gasteiger partial charge in [-0.2, -0.15) is 0 Å². The Labute approximate surface area is 78.9 Å². The molecule has 0 unspecified atom stereocenters. The van der Waals surface area contributed by atoms with Gasteiger partial charge >= 0.3 is 0 Å². The predicted octanol–water partition coefficient (Wildman–Crippen LogP) is 3.72.